The number of aromatic nitrogens is 4. The zero-order chi connectivity index (χ0) is 24.6. The number of urea groups is 1. The van der Waals surface area contributed by atoms with Crippen LogP contribution in [0, 0.1) is 5.82 Å². The quantitative estimate of drug-likeness (QED) is 0.450. The van der Waals surface area contributed by atoms with Crippen LogP contribution in [0.3, 0.4) is 0 Å². The van der Waals surface area contributed by atoms with Crippen molar-refractivity contribution in [2.75, 3.05) is 39.3 Å². The lowest BCUT2D eigenvalue weighted by molar-refractivity contribution is 0.181. The number of likely N-dealkylation sites (tertiary alicyclic amines) is 1. The van der Waals surface area contributed by atoms with Crippen molar-refractivity contribution in [3.8, 4) is 17.1 Å². The first-order chi connectivity index (χ1) is 17.5. The maximum atomic E-state index is 13.6. The minimum atomic E-state index is -0.238. The predicted molar refractivity (Wildman–Crippen MR) is 137 cm³/mol. The summed E-state index contributed by atoms with van der Waals surface area (Å²) in [6, 6.07) is 13.1. The van der Waals surface area contributed by atoms with Gasteiger partial charge >= 0.3 is 6.03 Å². The topological polar surface area (TPSA) is 71.2 Å². The number of rotatable bonds is 6. The van der Waals surface area contributed by atoms with Crippen molar-refractivity contribution in [1.82, 2.24) is 34.4 Å². The molecule has 0 saturated carbocycles. The van der Waals surface area contributed by atoms with Crippen molar-refractivity contribution in [3.63, 3.8) is 0 Å². The molecule has 0 radical (unpaired) electrons. The Balaban J connectivity index is 1.28. The van der Waals surface area contributed by atoms with E-state index in [2.05, 4.69) is 49.3 Å². The standard InChI is InChI=1S/C27H30FN7O/c1-32-18-30-26(31-32)20-2-7-25-23(16-20)24(17-35(25)22-5-3-21(28)4-6-22)19-8-11-33(12-9-19)14-15-34-13-10-29-27(34)36/h2-7,16-19H,8-15H2,1H3,(H,29,36). The predicted octanol–water partition coefficient (Wildman–Crippen LogP) is 3.77. The number of amides is 2. The number of halogens is 1. The number of carbonyl (C=O) groups is 1. The fourth-order valence-electron chi connectivity index (χ4n) is 5.46. The molecule has 0 unspecified atom stereocenters. The van der Waals surface area contributed by atoms with Gasteiger partial charge in [-0.15, -0.1) is 0 Å². The van der Waals surface area contributed by atoms with Gasteiger partial charge < -0.3 is 19.7 Å². The normalized spacial score (nSPS) is 17.3. The number of nitrogens with zero attached hydrogens (tertiary/aromatic N) is 6. The Bertz CT molecular complexity index is 1390. The summed E-state index contributed by atoms with van der Waals surface area (Å²) in [6.45, 7) is 5.24. The van der Waals surface area contributed by atoms with Gasteiger partial charge in [0.15, 0.2) is 5.82 Å². The summed E-state index contributed by atoms with van der Waals surface area (Å²) < 4.78 is 17.5. The van der Waals surface area contributed by atoms with E-state index in [4.69, 9.17) is 0 Å². The molecule has 4 aromatic rings. The van der Waals surface area contributed by atoms with Gasteiger partial charge in [-0.1, -0.05) is 0 Å². The SMILES string of the molecule is Cn1cnc(-c2ccc3c(c2)c(C2CCN(CCN4CCNC4=O)CC2)cn3-c2ccc(F)cc2)n1. The molecule has 1 N–H and O–H groups in total. The summed E-state index contributed by atoms with van der Waals surface area (Å²) in [5.74, 6) is 0.894. The molecule has 2 aromatic heterocycles. The van der Waals surface area contributed by atoms with Crippen molar-refractivity contribution in [2.45, 2.75) is 18.8 Å². The Morgan fingerprint density at radius 1 is 1.06 bits per heavy atom. The molecule has 8 nitrogen and oxygen atoms in total. The van der Waals surface area contributed by atoms with E-state index in [9.17, 15) is 9.18 Å². The zero-order valence-corrected chi connectivity index (χ0v) is 20.4. The summed E-state index contributed by atoms with van der Waals surface area (Å²) in [6.07, 6.45) is 6.05. The van der Waals surface area contributed by atoms with Gasteiger partial charge in [-0.3, -0.25) is 4.68 Å². The highest BCUT2D eigenvalue weighted by Gasteiger charge is 2.26. The molecule has 2 fully saturated rings. The molecule has 4 heterocycles. The number of fused-ring (bicyclic) bond motifs is 1. The molecule has 9 heteroatoms. The Labute approximate surface area is 209 Å². The third-order valence-electron chi connectivity index (χ3n) is 7.46. The van der Waals surface area contributed by atoms with E-state index in [1.165, 1.54) is 23.1 Å². The van der Waals surface area contributed by atoms with Crippen LogP contribution in [0.5, 0.6) is 0 Å². The van der Waals surface area contributed by atoms with Gasteiger partial charge in [0.25, 0.3) is 0 Å². The number of aryl methyl sites for hydroxylation is 1. The van der Waals surface area contributed by atoms with Crippen LogP contribution in [0.4, 0.5) is 9.18 Å². The lowest BCUT2D eigenvalue weighted by Crippen LogP contribution is -2.40. The van der Waals surface area contributed by atoms with E-state index >= 15 is 0 Å². The van der Waals surface area contributed by atoms with Gasteiger partial charge in [0, 0.05) is 56.1 Å². The number of carbonyl (C=O) groups excluding carboxylic acids is 1. The van der Waals surface area contributed by atoms with Gasteiger partial charge in [-0.2, -0.15) is 5.10 Å². The Morgan fingerprint density at radius 3 is 2.56 bits per heavy atom. The van der Waals surface area contributed by atoms with Crippen LogP contribution >= 0.6 is 0 Å². The van der Waals surface area contributed by atoms with Crippen molar-refractivity contribution < 1.29 is 9.18 Å². The number of benzene rings is 2. The van der Waals surface area contributed by atoms with Crippen molar-refractivity contribution in [1.29, 1.82) is 0 Å². The summed E-state index contributed by atoms with van der Waals surface area (Å²) in [7, 11) is 1.87. The van der Waals surface area contributed by atoms with Crippen LogP contribution in [0.2, 0.25) is 0 Å². The molecule has 2 aliphatic rings. The monoisotopic (exact) mass is 487 g/mol. The minimum Gasteiger partial charge on any atom is -0.336 e. The fourth-order valence-corrected chi connectivity index (χ4v) is 5.46. The second-order valence-corrected chi connectivity index (χ2v) is 9.74. The minimum absolute atomic E-state index is 0.0525. The molecule has 0 spiro atoms. The molecule has 2 saturated heterocycles. The highest BCUT2D eigenvalue weighted by Crippen LogP contribution is 2.37. The van der Waals surface area contributed by atoms with Gasteiger partial charge in [0.2, 0.25) is 0 Å². The Kier molecular flexibility index (Phi) is 5.92. The zero-order valence-electron chi connectivity index (χ0n) is 20.4. The van der Waals surface area contributed by atoms with E-state index < -0.39 is 0 Å². The lowest BCUT2D eigenvalue weighted by atomic mass is 9.89. The van der Waals surface area contributed by atoms with Crippen molar-refractivity contribution in [3.05, 3.63) is 66.4 Å². The number of hydrogen-bond acceptors (Lipinski definition) is 4. The van der Waals surface area contributed by atoms with Crippen LogP contribution in [0.1, 0.15) is 24.3 Å². The van der Waals surface area contributed by atoms with E-state index in [-0.39, 0.29) is 11.8 Å². The summed E-state index contributed by atoms with van der Waals surface area (Å²) >= 11 is 0. The first-order valence-corrected chi connectivity index (χ1v) is 12.6. The molecule has 2 aliphatic heterocycles. The molecule has 186 valence electrons. The lowest BCUT2D eigenvalue weighted by Gasteiger charge is -2.32. The summed E-state index contributed by atoms with van der Waals surface area (Å²) in [4.78, 5) is 20.6. The molecule has 6 rings (SSSR count). The first kappa shape index (κ1) is 22.7. The summed E-state index contributed by atoms with van der Waals surface area (Å²) in [5.41, 5.74) is 4.34. The molecule has 0 atom stereocenters. The van der Waals surface area contributed by atoms with Gasteiger partial charge in [0.05, 0.1) is 5.52 Å². The number of nitrogens with one attached hydrogen (secondary N) is 1. The smallest absolute Gasteiger partial charge is 0.317 e. The maximum Gasteiger partial charge on any atom is 0.317 e. The third kappa shape index (κ3) is 4.35. The second-order valence-electron chi connectivity index (χ2n) is 9.74. The van der Waals surface area contributed by atoms with Crippen LogP contribution in [0.15, 0.2) is 55.0 Å². The molecule has 36 heavy (non-hydrogen) atoms. The third-order valence-corrected chi connectivity index (χ3v) is 7.46. The Hall–Kier alpha value is -3.72. The number of piperidine rings is 1. The van der Waals surface area contributed by atoms with E-state index in [0.29, 0.717) is 11.7 Å². The molecule has 0 bridgehead atoms. The van der Waals surface area contributed by atoms with Gasteiger partial charge in [-0.25, -0.2) is 14.2 Å². The van der Waals surface area contributed by atoms with Crippen LogP contribution in [-0.4, -0.2) is 74.4 Å². The fraction of sp³-hybridized carbons (Fsp3) is 0.370. The molecule has 2 amide bonds. The van der Waals surface area contributed by atoms with Crippen LogP contribution in [0.25, 0.3) is 28.0 Å². The molecule has 2 aromatic carbocycles. The second kappa shape index (κ2) is 9.39. The average Bonchev–Trinajstić information content (AvgIpc) is 3.62. The van der Waals surface area contributed by atoms with Crippen molar-refractivity contribution >= 4 is 16.9 Å². The van der Waals surface area contributed by atoms with Gasteiger partial charge in [-0.05, 0) is 79.9 Å². The molecular formula is C27H30FN7O. The van der Waals surface area contributed by atoms with Gasteiger partial charge in [0.1, 0.15) is 12.1 Å². The molecule has 0 aliphatic carbocycles. The van der Waals surface area contributed by atoms with Crippen molar-refractivity contribution in [2.24, 2.45) is 7.05 Å². The van der Waals surface area contributed by atoms with E-state index in [1.54, 1.807) is 11.0 Å². The van der Waals surface area contributed by atoms with E-state index in [0.717, 1.165) is 68.9 Å². The average molecular weight is 488 g/mol. The first-order valence-electron chi connectivity index (χ1n) is 12.6. The highest BCUT2D eigenvalue weighted by molar-refractivity contribution is 5.89. The van der Waals surface area contributed by atoms with Crippen LogP contribution < -0.4 is 5.32 Å². The highest BCUT2D eigenvalue weighted by atomic mass is 19.1. The summed E-state index contributed by atoms with van der Waals surface area (Å²) in [5, 5.41) is 8.56. The molecular weight excluding hydrogens is 457 g/mol. The van der Waals surface area contributed by atoms with E-state index in [1.807, 2.05) is 24.1 Å². The number of hydrogen-bond donors (Lipinski definition) is 1. The van der Waals surface area contributed by atoms with Crippen LogP contribution in [-0.2, 0) is 7.05 Å². The maximum absolute atomic E-state index is 13.6. The Morgan fingerprint density at radius 2 is 1.86 bits per heavy atom. The largest absolute Gasteiger partial charge is 0.336 e.